The lowest BCUT2D eigenvalue weighted by atomic mass is 9.89. The number of aromatic amines is 1. The molecule has 0 spiro atoms. The summed E-state index contributed by atoms with van der Waals surface area (Å²) >= 11 is 0. The molecule has 0 aliphatic carbocycles. The van der Waals surface area contributed by atoms with Gasteiger partial charge in [0.05, 0.1) is 0 Å². The summed E-state index contributed by atoms with van der Waals surface area (Å²) in [6, 6.07) is 11.5. The number of aliphatic hydroxyl groups is 1. The van der Waals surface area contributed by atoms with Gasteiger partial charge in [-0.2, -0.15) is 5.10 Å². The van der Waals surface area contributed by atoms with Crippen molar-refractivity contribution in [2.45, 2.75) is 18.4 Å². The van der Waals surface area contributed by atoms with Crippen LogP contribution in [0.15, 0.2) is 48.8 Å². The van der Waals surface area contributed by atoms with Gasteiger partial charge in [0, 0.05) is 61.4 Å². The molecule has 0 atom stereocenters. The second-order valence-corrected chi connectivity index (χ2v) is 9.05. The average molecular weight is 460 g/mol. The number of benzene rings is 1. The number of nitrogens with zero attached hydrogens (tertiary/aromatic N) is 4. The van der Waals surface area contributed by atoms with Crippen LogP contribution in [0.5, 0.6) is 0 Å². The van der Waals surface area contributed by atoms with E-state index in [-0.39, 0.29) is 6.03 Å². The van der Waals surface area contributed by atoms with Gasteiger partial charge in [0.2, 0.25) is 0 Å². The third-order valence-corrected chi connectivity index (χ3v) is 6.40. The summed E-state index contributed by atoms with van der Waals surface area (Å²) in [4.78, 5) is 21.3. The van der Waals surface area contributed by atoms with Crippen molar-refractivity contribution in [3.8, 4) is 22.4 Å². The number of amides is 2. The van der Waals surface area contributed by atoms with E-state index < -0.39 is 5.60 Å². The van der Waals surface area contributed by atoms with Crippen LogP contribution in [0.1, 0.15) is 18.5 Å². The predicted molar refractivity (Wildman–Crippen MR) is 132 cm³/mol. The highest BCUT2D eigenvalue weighted by molar-refractivity contribution is 5.97. The van der Waals surface area contributed by atoms with Gasteiger partial charge in [-0.05, 0) is 55.8 Å². The maximum absolute atomic E-state index is 11.9. The van der Waals surface area contributed by atoms with E-state index in [9.17, 15) is 9.90 Å². The van der Waals surface area contributed by atoms with Crippen molar-refractivity contribution in [3.05, 3.63) is 54.5 Å². The van der Waals surface area contributed by atoms with Crippen LogP contribution in [0.2, 0.25) is 0 Å². The van der Waals surface area contributed by atoms with Crippen LogP contribution in [0.4, 0.5) is 10.5 Å². The van der Waals surface area contributed by atoms with Crippen molar-refractivity contribution < 1.29 is 9.90 Å². The van der Waals surface area contributed by atoms with Gasteiger partial charge in [0.25, 0.3) is 0 Å². The van der Waals surface area contributed by atoms with Crippen LogP contribution in [0, 0.1) is 0 Å². The highest BCUT2D eigenvalue weighted by Gasteiger charge is 2.33. The Morgan fingerprint density at radius 1 is 1.15 bits per heavy atom. The second kappa shape index (κ2) is 8.58. The van der Waals surface area contributed by atoms with Crippen LogP contribution >= 0.6 is 0 Å². The van der Waals surface area contributed by atoms with E-state index in [4.69, 9.17) is 5.10 Å². The van der Waals surface area contributed by atoms with Crippen molar-refractivity contribution in [1.29, 1.82) is 0 Å². The van der Waals surface area contributed by atoms with Gasteiger partial charge in [-0.15, -0.1) is 0 Å². The number of carbonyl (C=O) groups is 1. The highest BCUT2D eigenvalue weighted by Crippen LogP contribution is 2.38. The van der Waals surface area contributed by atoms with E-state index in [1.54, 1.807) is 25.0 Å². The molecule has 2 amide bonds. The average Bonchev–Trinajstić information content (AvgIpc) is 3.44. The minimum absolute atomic E-state index is 0.177. The molecule has 0 saturated carbocycles. The number of nitrogens with one attached hydrogen (secondary N) is 3. The van der Waals surface area contributed by atoms with Gasteiger partial charge < -0.3 is 25.6 Å². The minimum atomic E-state index is -0.881. The van der Waals surface area contributed by atoms with E-state index in [0.717, 1.165) is 57.9 Å². The zero-order valence-electron chi connectivity index (χ0n) is 19.6. The zero-order valence-corrected chi connectivity index (χ0v) is 19.6. The van der Waals surface area contributed by atoms with Crippen LogP contribution in [0.25, 0.3) is 33.4 Å². The number of hydrogen-bond acceptors (Lipinski definition) is 5. The summed E-state index contributed by atoms with van der Waals surface area (Å²) in [5.74, 6) is 0. The molecule has 0 radical (unpaired) electrons. The van der Waals surface area contributed by atoms with Gasteiger partial charge in [0.1, 0.15) is 16.9 Å². The Morgan fingerprint density at radius 2 is 1.88 bits per heavy atom. The Bertz CT molecular complexity index is 1330. The number of anilines is 1. The van der Waals surface area contributed by atoms with Gasteiger partial charge in [-0.25, -0.2) is 9.78 Å². The highest BCUT2D eigenvalue weighted by atomic mass is 16.3. The number of rotatable bonds is 4. The quantitative estimate of drug-likeness (QED) is 0.374. The van der Waals surface area contributed by atoms with E-state index >= 15 is 0 Å². The number of H-pyrrole nitrogens is 1. The topological polar surface area (TPSA) is 111 Å². The normalized spacial score (nSPS) is 15.4. The zero-order chi connectivity index (χ0) is 23.9. The molecule has 4 heterocycles. The predicted octanol–water partition coefficient (Wildman–Crippen LogP) is 3.29. The molecule has 1 aromatic carbocycles. The Balaban J connectivity index is 1.53. The van der Waals surface area contributed by atoms with Gasteiger partial charge in [-0.3, -0.25) is 4.68 Å². The molecule has 4 aromatic rings. The molecule has 0 bridgehead atoms. The van der Waals surface area contributed by atoms with E-state index in [1.807, 2.05) is 49.6 Å². The van der Waals surface area contributed by atoms with Crippen molar-refractivity contribution in [1.82, 2.24) is 30.0 Å². The third kappa shape index (κ3) is 4.04. The fourth-order valence-electron chi connectivity index (χ4n) is 4.47. The fraction of sp³-hybridized carbons (Fsp3) is 0.320. The molecule has 34 heavy (non-hydrogen) atoms. The maximum Gasteiger partial charge on any atom is 0.321 e. The molecular formula is C25H29N7O2. The summed E-state index contributed by atoms with van der Waals surface area (Å²) in [6.45, 7) is 1.56. The molecule has 9 nitrogen and oxygen atoms in total. The number of carbonyl (C=O) groups excluding carboxylic acids is 1. The Kier molecular flexibility index (Phi) is 5.59. The smallest absolute Gasteiger partial charge is 0.321 e. The van der Waals surface area contributed by atoms with E-state index in [1.165, 1.54) is 4.90 Å². The molecule has 3 aromatic heterocycles. The molecule has 5 rings (SSSR count). The van der Waals surface area contributed by atoms with E-state index in [2.05, 4.69) is 20.6 Å². The number of pyridine rings is 1. The Labute approximate surface area is 197 Å². The first-order chi connectivity index (χ1) is 16.3. The number of aromatic nitrogens is 4. The molecule has 1 fully saturated rings. The Morgan fingerprint density at radius 3 is 2.59 bits per heavy atom. The van der Waals surface area contributed by atoms with E-state index in [0.29, 0.717) is 12.8 Å². The lowest BCUT2D eigenvalue weighted by Gasteiger charge is -2.31. The first-order valence-electron chi connectivity index (χ1n) is 11.4. The summed E-state index contributed by atoms with van der Waals surface area (Å²) in [5, 5.41) is 23.1. The third-order valence-electron chi connectivity index (χ3n) is 6.40. The number of aryl methyl sites for hydroxylation is 1. The Hall–Kier alpha value is -3.69. The summed E-state index contributed by atoms with van der Waals surface area (Å²) < 4.78 is 1.80. The fourth-order valence-corrected chi connectivity index (χ4v) is 4.47. The van der Waals surface area contributed by atoms with Crippen molar-refractivity contribution in [2.24, 2.45) is 7.05 Å². The minimum Gasteiger partial charge on any atom is -0.384 e. The summed E-state index contributed by atoms with van der Waals surface area (Å²) in [6.07, 6.45) is 5.09. The number of fused-ring (bicyclic) bond motifs is 1. The maximum atomic E-state index is 11.9. The van der Waals surface area contributed by atoms with Gasteiger partial charge >= 0.3 is 6.03 Å². The van der Waals surface area contributed by atoms with Crippen LogP contribution in [-0.2, 0) is 12.6 Å². The first-order valence-corrected chi connectivity index (χ1v) is 11.4. The van der Waals surface area contributed by atoms with Crippen molar-refractivity contribution >= 4 is 22.8 Å². The second-order valence-electron chi connectivity index (χ2n) is 9.05. The molecule has 1 aliphatic rings. The number of hydrogen-bond donors (Lipinski definition) is 4. The van der Waals surface area contributed by atoms with Crippen LogP contribution in [0.3, 0.4) is 0 Å². The lowest BCUT2D eigenvalue weighted by Crippen LogP contribution is -2.39. The molecule has 0 unspecified atom stereocenters. The largest absolute Gasteiger partial charge is 0.384 e. The molecule has 4 N–H and O–H groups in total. The summed E-state index contributed by atoms with van der Waals surface area (Å²) in [7, 11) is 5.31. The van der Waals surface area contributed by atoms with Crippen LogP contribution in [-0.4, -0.2) is 63.0 Å². The number of piperidine rings is 1. The lowest BCUT2D eigenvalue weighted by molar-refractivity contribution is 0.00252. The standard InChI is InChI=1S/C25H29N7O2/c1-31(2)24(33)28-17-6-4-16(5-7-17)22-20(15-32(3)30-22)18-8-11-27-23-19(18)14-21(29-23)25(34)9-12-26-13-10-25/h4-8,11,14-15,26,34H,9-10,12-13H2,1-3H3,(H,27,29)(H,28,33). The monoisotopic (exact) mass is 459 g/mol. The van der Waals surface area contributed by atoms with Crippen molar-refractivity contribution in [2.75, 3.05) is 32.5 Å². The molecule has 176 valence electrons. The van der Waals surface area contributed by atoms with Gasteiger partial charge in [-0.1, -0.05) is 12.1 Å². The first kappa shape index (κ1) is 22.1. The van der Waals surface area contributed by atoms with Crippen LogP contribution < -0.4 is 10.6 Å². The molecule has 9 heteroatoms. The molecule has 1 aliphatic heterocycles. The van der Waals surface area contributed by atoms with Crippen molar-refractivity contribution in [3.63, 3.8) is 0 Å². The number of urea groups is 1. The van der Waals surface area contributed by atoms with Gasteiger partial charge in [0.15, 0.2) is 0 Å². The summed E-state index contributed by atoms with van der Waals surface area (Å²) in [5.41, 5.74) is 5.14. The molecular weight excluding hydrogens is 430 g/mol. The molecule has 1 saturated heterocycles. The SMILES string of the molecule is CN(C)C(=O)Nc1ccc(-c2nn(C)cc2-c2ccnc3[nH]c(C4(O)CCNCC4)cc23)cc1.